The average Bonchev–Trinajstić information content (AvgIpc) is 3.07. The van der Waals surface area contributed by atoms with E-state index in [1.807, 2.05) is 12.1 Å². The van der Waals surface area contributed by atoms with Gasteiger partial charge in [0.05, 0.1) is 24.0 Å². The Bertz CT molecular complexity index is 1120. The Morgan fingerprint density at radius 3 is 2.81 bits per heavy atom. The van der Waals surface area contributed by atoms with Crippen molar-refractivity contribution in [3.63, 3.8) is 0 Å². The van der Waals surface area contributed by atoms with Gasteiger partial charge in [-0.25, -0.2) is 4.99 Å². The van der Waals surface area contributed by atoms with Crippen molar-refractivity contribution in [1.82, 2.24) is 9.80 Å². The first-order valence-corrected chi connectivity index (χ1v) is 11.6. The maximum atomic E-state index is 5.61. The number of amidine groups is 1. The first-order valence-electron chi connectivity index (χ1n) is 10.7. The quantitative estimate of drug-likeness (QED) is 0.628. The maximum absolute atomic E-state index is 5.61. The number of fused-ring (bicyclic) bond motifs is 2. The van der Waals surface area contributed by atoms with Gasteiger partial charge in [-0.05, 0) is 50.2 Å². The molecular formula is C25H28N4OS. The van der Waals surface area contributed by atoms with Gasteiger partial charge < -0.3 is 15.0 Å². The second-order valence-electron chi connectivity index (χ2n) is 8.27. The van der Waals surface area contributed by atoms with Crippen LogP contribution in [0.15, 0.2) is 59.6 Å². The van der Waals surface area contributed by atoms with Gasteiger partial charge in [-0.3, -0.25) is 4.90 Å². The van der Waals surface area contributed by atoms with Crippen LogP contribution >= 0.6 is 11.3 Å². The van der Waals surface area contributed by atoms with Crippen molar-refractivity contribution in [2.24, 2.45) is 4.99 Å². The van der Waals surface area contributed by atoms with E-state index >= 15 is 0 Å². The number of aliphatic imine (C=N–C) groups is 1. The van der Waals surface area contributed by atoms with Crippen molar-refractivity contribution in [2.75, 3.05) is 39.1 Å². The smallest absolute Gasteiger partial charge is 0.139 e. The number of ether oxygens (including phenoxy) is 1. The van der Waals surface area contributed by atoms with Crippen LogP contribution < -0.4 is 10.1 Å². The lowest BCUT2D eigenvalue weighted by Gasteiger charge is -2.41. The average molecular weight is 433 g/mol. The number of nitrogens with zero attached hydrogens (tertiary/aromatic N) is 3. The molecule has 0 aliphatic carbocycles. The molecule has 0 spiro atoms. The van der Waals surface area contributed by atoms with Crippen LogP contribution in [0.1, 0.15) is 16.0 Å². The molecule has 1 aromatic heterocycles. The van der Waals surface area contributed by atoms with Gasteiger partial charge in [0.25, 0.3) is 0 Å². The molecule has 1 saturated heterocycles. The summed E-state index contributed by atoms with van der Waals surface area (Å²) < 4.78 is 5.61. The largest absolute Gasteiger partial charge is 0.496 e. The third-order valence-corrected chi connectivity index (χ3v) is 7.17. The first-order chi connectivity index (χ1) is 15.1. The van der Waals surface area contributed by atoms with E-state index < -0.39 is 0 Å². The van der Waals surface area contributed by atoms with Crippen LogP contribution in [-0.2, 0) is 6.42 Å². The molecule has 2 aliphatic rings. The molecule has 1 N–H and O–H groups in total. The number of piperazine rings is 1. The van der Waals surface area contributed by atoms with Crippen LogP contribution in [0, 0.1) is 6.92 Å². The molecule has 2 aromatic carbocycles. The summed E-state index contributed by atoms with van der Waals surface area (Å²) in [5, 5.41) is 4.80. The van der Waals surface area contributed by atoms with E-state index in [2.05, 4.69) is 71.6 Å². The lowest BCUT2D eigenvalue weighted by molar-refractivity contribution is 0.140. The Balaban J connectivity index is 1.48. The Morgan fingerprint density at radius 2 is 1.94 bits per heavy atom. The minimum absolute atomic E-state index is 0.391. The molecule has 160 valence electrons. The summed E-state index contributed by atoms with van der Waals surface area (Å²) in [7, 11) is 3.98. The number of methoxy groups -OCH3 is 1. The predicted molar refractivity (Wildman–Crippen MR) is 130 cm³/mol. The van der Waals surface area contributed by atoms with Gasteiger partial charge in [0.1, 0.15) is 16.6 Å². The monoisotopic (exact) mass is 432 g/mol. The standard InChI is InChI=1S/C25H28N4OS/c1-17-14-20-24(26-21-9-5-6-10-22(21)27-25(20)31-17)29-13-12-28(2)19(16-29)15-18-8-4-7-11-23(18)30-3/h4-11,14,19,27H,12-13,15-16H2,1-3H3/t19-/m0/s1. The molecule has 5 nitrogen and oxygen atoms in total. The number of benzene rings is 2. The van der Waals surface area contributed by atoms with Gasteiger partial charge in [0, 0.05) is 30.6 Å². The fourth-order valence-electron chi connectivity index (χ4n) is 4.47. The van der Waals surface area contributed by atoms with Gasteiger partial charge in [-0.2, -0.15) is 0 Å². The summed E-state index contributed by atoms with van der Waals surface area (Å²) in [6, 6.07) is 19.3. The molecule has 3 aromatic rings. The number of likely N-dealkylation sites (N-methyl/N-ethyl adjacent to an activating group) is 1. The van der Waals surface area contributed by atoms with Gasteiger partial charge in [0.15, 0.2) is 0 Å². The van der Waals surface area contributed by atoms with E-state index in [1.165, 1.54) is 21.0 Å². The lowest BCUT2D eigenvalue weighted by atomic mass is 10.0. The highest BCUT2D eigenvalue weighted by atomic mass is 32.1. The van der Waals surface area contributed by atoms with Gasteiger partial charge in [-0.1, -0.05) is 30.3 Å². The molecule has 2 aliphatic heterocycles. The number of aryl methyl sites for hydroxylation is 1. The summed E-state index contributed by atoms with van der Waals surface area (Å²) in [5.74, 6) is 2.05. The van der Waals surface area contributed by atoms with Crippen LogP contribution in [0.5, 0.6) is 5.75 Å². The zero-order valence-electron chi connectivity index (χ0n) is 18.3. The summed E-state index contributed by atoms with van der Waals surface area (Å²) in [6.45, 7) is 5.07. The van der Waals surface area contributed by atoms with Crippen LogP contribution in [0.25, 0.3) is 0 Å². The Kier molecular flexibility index (Phi) is 5.42. The number of anilines is 2. The van der Waals surface area contributed by atoms with Crippen molar-refractivity contribution in [2.45, 2.75) is 19.4 Å². The van der Waals surface area contributed by atoms with Crippen molar-refractivity contribution in [1.29, 1.82) is 0 Å². The van der Waals surface area contributed by atoms with Crippen LogP contribution in [0.4, 0.5) is 16.4 Å². The van der Waals surface area contributed by atoms with Crippen LogP contribution in [-0.4, -0.2) is 55.5 Å². The molecular weight excluding hydrogens is 404 g/mol. The fraction of sp³-hybridized carbons (Fsp3) is 0.320. The second kappa shape index (κ2) is 8.36. The molecule has 0 radical (unpaired) electrons. The van der Waals surface area contributed by atoms with E-state index in [9.17, 15) is 0 Å². The van der Waals surface area contributed by atoms with E-state index in [0.29, 0.717) is 6.04 Å². The van der Waals surface area contributed by atoms with Crippen LogP contribution in [0.2, 0.25) is 0 Å². The molecule has 5 rings (SSSR count). The summed E-state index contributed by atoms with van der Waals surface area (Å²) >= 11 is 1.80. The molecule has 0 saturated carbocycles. The van der Waals surface area contributed by atoms with Crippen molar-refractivity contribution >= 4 is 33.5 Å². The minimum Gasteiger partial charge on any atom is -0.496 e. The van der Waals surface area contributed by atoms with Gasteiger partial charge in [0.2, 0.25) is 0 Å². The highest BCUT2D eigenvalue weighted by molar-refractivity contribution is 7.16. The summed E-state index contributed by atoms with van der Waals surface area (Å²) in [5.41, 5.74) is 4.53. The number of thiophene rings is 1. The zero-order valence-corrected chi connectivity index (χ0v) is 19.1. The SMILES string of the molecule is COc1ccccc1C[C@H]1CN(C2=Nc3ccccc3Nc3sc(C)cc32)CCN1C. The highest BCUT2D eigenvalue weighted by Gasteiger charge is 2.30. The van der Waals surface area contributed by atoms with E-state index in [1.54, 1.807) is 18.4 Å². The maximum Gasteiger partial charge on any atom is 0.139 e. The highest BCUT2D eigenvalue weighted by Crippen LogP contribution is 2.39. The van der Waals surface area contributed by atoms with E-state index in [0.717, 1.165) is 49.0 Å². The minimum atomic E-state index is 0.391. The van der Waals surface area contributed by atoms with E-state index in [-0.39, 0.29) is 0 Å². The zero-order chi connectivity index (χ0) is 21.4. The molecule has 0 amide bonds. The van der Waals surface area contributed by atoms with Crippen molar-refractivity contribution in [3.8, 4) is 5.75 Å². The third kappa shape index (κ3) is 3.93. The predicted octanol–water partition coefficient (Wildman–Crippen LogP) is 5.06. The van der Waals surface area contributed by atoms with Gasteiger partial charge in [-0.15, -0.1) is 11.3 Å². The lowest BCUT2D eigenvalue weighted by Crippen LogP contribution is -2.54. The summed E-state index contributed by atoms with van der Waals surface area (Å²) in [4.78, 5) is 11.4. The molecule has 6 heteroatoms. The third-order valence-electron chi connectivity index (χ3n) is 6.20. The number of hydrogen-bond acceptors (Lipinski definition) is 6. The van der Waals surface area contributed by atoms with Crippen LogP contribution in [0.3, 0.4) is 0 Å². The number of para-hydroxylation sites is 3. The molecule has 0 bridgehead atoms. The van der Waals surface area contributed by atoms with E-state index in [4.69, 9.17) is 9.73 Å². The Morgan fingerprint density at radius 1 is 1.13 bits per heavy atom. The van der Waals surface area contributed by atoms with Crippen molar-refractivity contribution < 1.29 is 4.74 Å². The number of rotatable bonds is 3. The Labute approximate surface area is 188 Å². The number of hydrogen-bond donors (Lipinski definition) is 1. The Hall–Kier alpha value is -2.83. The number of nitrogens with one attached hydrogen (secondary N) is 1. The first kappa shape index (κ1) is 20.1. The fourth-order valence-corrected chi connectivity index (χ4v) is 5.39. The molecule has 31 heavy (non-hydrogen) atoms. The normalized spacial score (nSPS) is 18.5. The van der Waals surface area contributed by atoms with Gasteiger partial charge >= 0.3 is 0 Å². The summed E-state index contributed by atoms with van der Waals surface area (Å²) in [6.07, 6.45) is 0.953. The second-order valence-corrected chi connectivity index (χ2v) is 9.53. The molecule has 1 fully saturated rings. The van der Waals surface area contributed by atoms with Crippen molar-refractivity contribution in [3.05, 3.63) is 70.6 Å². The molecule has 1 atom stereocenters. The molecule has 3 heterocycles. The molecule has 0 unspecified atom stereocenters. The topological polar surface area (TPSA) is 40.1 Å².